The summed E-state index contributed by atoms with van der Waals surface area (Å²) in [5.74, 6) is 0.228. The molecule has 1 amide bonds. The van der Waals surface area contributed by atoms with Crippen molar-refractivity contribution >= 4 is 22.6 Å². The molecule has 0 saturated carbocycles. The van der Waals surface area contributed by atoms with Gasteiger partial charge in [0.25, 0.3) is 5.91 Å². The molecule has 2 aromatic carbocycles. The fraction of sp³-hybridized carbons (Fsp3) is 0.0455. The van der Waals surface area contributed by atoms with Crippen LogP contribution in [0, 0.1) is 6.92 Å². The van der Waals surface area contributed by atoms with Gasteiger partial charge in [-0.15, -0.1) is 0 Å². The molecule has 2 heterocycles. The Hall–Kier alpha value is -3.73. The highest BCUT2D eigenvalue weighted by Crippen LogP contribution is 2.24. The minimum Gasteiger partial charge on any atom is -0.456 e. The third-order valence-electron chi connectivity index (χ3n) is 4.21. The highest BCUT2D eigenvalue weighted by atomic mass is 16.3. The number of benzene rings is 2. The zero-order chi connectivity index (χ0) is 18.8. The Bertz CT molecular complexity index is 1200. The van der Waals surface area contributed by atoms with Gasteiger partial charge in [0.1, 0.15) is 11.3 Å². The predicted molar refractivity (Wildman–Crippen MR) is 105 cm³/mol. The van der Waals surface area contributed by atoms with Crippen molar-refractivity contribution in [2.45, 2.75) is 6.92 Å². The number of amides is 1. The van der Waals surface area contributed by atoms with E-state index in [2.05, 4.69) is 10.3 Å². The van der Waals surface area contributed by atoms with Gasteiger partial charge in [0.05, 0.1) is 10.9 Å². The van der Waals surface area contributed by atoms with Gasteiger partial charge in [-0.3, -0.25) is 14.6 Å². The van der Waals surface area contributed by atoms with Crippen molar-refractivity contribution in [2.24, 2.45) is 0 Å². The second-order valence-corrected chi connectivity index (χ2v) is 6.25. The number of nitrogens with zero attached hydrogens (tertiary/aromatic N) is 1. The molecule has 132 valence electrons. The Morgan fingerprint density at radius 2 is 1.93 bits per heavy atom. The molecular formula is C22H16N2O3. The molecule has 0 aliphatic carbocycles. The Kier molecular flexibility index (Phi) is 4.26. The number of fused-ring (bicyclic) bond motifs is 1. The zero-order valence-electron chi connectivity index (χ0n) is 14.6. The lowest BCUT2D eigenvalue weighted by Gasteiger charge is -2.07. The molecule has 1 N–H and O–H groups in total. The zero-order valence-corrected chi connectivity index (χ0v) is 14.6. The minimum absolute atomic E-state index is 0.162. The summed E-state index contributed by atoms with van der Waals surface area (Å²) in [4.78, 5) is 28.8. The Morgan fingerprint density at radius 3 is 2.70 bits per heavy atom. The quantitative estimate of drug-likeness (QED) is 0.590. The third kappa shape index (κ3) is 3.48. The second kappa shape index (κ2) is 6.88. The summed E-state index contributed by atoms with van der Waals surface area (Å²) in [5.41, 5.74) is 3.21. The fourth-order valence-electron chi connectivity index (χ4n) is 2.87. The number of hydrogen-bond acceptors (Lipinski definition) is 4. The van der Waals surface area contributed by atoms with E-state index in [1.54, 1.807) is 36.5 Å². The van der Waals surface area contributed by atoms with Gasteiger partial charge in [0, 0.05) is 29.7 Å². The van der Waals surface area contributed by atoms with Crippen molar-refractivity contribution in [1.82, 2.24) is 4.98 Å². The maximum Gasteiger partial charge on any atom is 0.257 e. The fourth-order valence-corrected chi connectivity index (χ4v) is 2.87. The lowest BCUT2D eigenvalue weighted by molar-refractivity contribution is 0.102. The van der Waals surface area contributed by atoms with Crippen LogP contribution in [0.5, 0.6) is 0 Å². The van der Waals surface area contributed by atoms with E-state index >= 15 is 0 Å². The molecule has 0 atom stereocenters. The van der Waals surface area contributed by atoms with Crippen molar-refractivity contribution in [3.63, 3.8) is 0 Å². The van der Waals surface area contributed by atoms with Gasteiger partial charge in [-0.25, -0.2) is 0 Å². The van der Waals surface area contributed by atoms with Crippen LogP contribution < -0.4 is 10.7 Å². The highest BCUT2D eigenvalue weighted by Gasteiger charge is 2.10. The molecule has 5 nitrogen and oxygen atoms in total. The topological polar surface area (TPSA) is 72.2 Å². The van der Waals surface area contributed by atoms with Crippen LogP contribution in [0.2, 0.25) is 0 Å². The predicted octanol–water partition coefficient (Wildman–Crippen LogP) is 4.42. The van der Waals surface area contributed by atoms with Gasteiger partial charge in [-0.2, -0.15) is 0 Å². The molecule has 0 unspecified atom stereocenters. The SMILES string of the molecule is Cc1cccc(-c2cc(=O)c3cc(NC(=O)c4cccnc4)ccc3o2)c1. The van der Waals surface area contributed by atoms with Gasteiger partial charge in [-0.05, 0) is 43.3 Å². The van der Waals surface area contributed by atoms with Crippen molar-refractivity contribution in [1.29, 1.82) is 0 Å². The number of hydrogen-bond donors (Lipinski definition) is 1. The first-order valence-corrected chi connectivity index (χ1v) is 8.46. The summed E-state index contributed by atoms with van der Waals surface area (Å²) in [6, 6.07) is 17.6. The lowest BCUT2D eigenvalue weighted by atomic mass is 10.1. The lowest BCUT2D eigenvalue weighted by Crippen LogP contribution is -2.12. The van der Waals surface area contributed by atoms with Crippen LogP contribution in [0.3, 0.4) is 0 Å². The Balaban J connectivity index is 1.69. The van der Waals surface area contributed by atoms with Crippen molar-refractivity contribution < 1.29 is 9.21 Å². The molecule has 4 rings (SSSR count). The molecule has 0 fully saturated rings. The van der Waals surface area contributed by atoms with Gasteiger partial charge in [0.15, 0.2) is 5.43 Å². The molecule has 0 aliphatic rings. The number of aromatic nitrogens is 1. The molecule has 0 aliphatic heterocycles. The van der Waals surface area contributed by atoms with Crippen LogP contribution in [0.25, 0.3) is 22.3 Å². The highest BCUT2D eigenvalue weighted by molar-refractivity contribution is 6.04. The van der Waals surface area contributed by atoms with E-state index in [-0.39, 0.29) is 11.3 Å². The molecule has 0 bridgehead atoms. The number of pyridine rings is 1. The number of rotatable bonds is 3. The van der Waals surface area contributed by atoms with Crippen LogP contribution in [0.15, 0.2) is 82.3 Å². The minimum atomic E-state index is -0.289. The normalized spacial score (nSPS) is 10.7. The molecule has 27 heavy (non-hydrogen) atoms. The first kappa shape index (κ1) is 16.7. The molecule has 2 aromatic heterocycles. The van der Waals surface area contributed by atoms with E-state index in [9.17, 15) is 9.59 Å². The molecule has 0 radical (unpaired) electrons. The largest absolute Gasteiger partial charge is 0.456 e. The maximum atomic E-state index is 12.6. The van der Waals surface area contributed by atoms with E-state index in [1.165, 1.54) is 12.3 Å². The van der Waals surface area contributed by atoms with Crippen molar-refractivity contribution in [3.8, 4) is 11.3 Å². The van der Waals surface area contributed by atoms with E-state index in [4.69, 9.17) is 4.42 Å². The van der Waals surface area contributed by atoms with Gasteiger partial charge in [-0.1, -0.05) is 23.8 Å². The van der Waals surface area contributed by atoms with E-state index in [0.717, 1.165) is 11.1 Å². The van der Waals surface area contributed by atoms with Crippen LogP contribution in [0.4, 0.5) is 5.69 Å². The van der Waals surface area contributed by atoms with Crippen LogP contribution in [-0.2, 0) is 0 Å². The Morgan fingerprint density at radius 1 is 1.04 bits per heavy atom. The third-order valence-corrected chi connectivity index (χ3v) is 4.21. The molecule has 0 spiro atoms. The van der Waals surface area contributed by atoms with Crippen LogP contribution in [-0.4, -0.2) is 10.9 Å². The molecule has 0 saturated heterocycles. The van der Waals surface area contributed by atoms with Crippen LogP contribution >= 0.6 is 0 Å². The maximum absolute atomic E-state index is 12.6. The first-order chi connectivity index (χ1) is 13.1. The van der Waals surface area contributed by atoms with Gasteiger partial charge < -0.3 is 9.73 Å². The number of nitrogens with one attached hydrogen (secondary N) is 1. The summed E-state index contributed by atoms with van der Waals surface area (Å²) in [5, 5.41) is 3.18. The van der Waals surface area contributed by atoms with E-state index in [0.29, 0.717) is 28.0 Å². The molecule has 4 aromatic rings. The number of anilines is 1. The number of carbonyl (C=O) groups is 1. The van der Waals surface area contributed by atoms with Gasteiger partial charge in [0.2, 0.25) is 0 Å². The molecule has 5 heteroatoms. The monoisotopic (exact) mass is 356 g/mol. The summed E-state index contributed by atoms with van der Waals surface area (Å²) in [6.07, 6.45) is 3.09. The Labute approximate surface area is 155 Å². The average molecular weight is 356 g/mol. The summed E-state index contributed by atoms with van der Waals surface area (Å²) < 4.78 is 5.91. The summed E-state index contributed by atoms with van der Waals surface area (Å²) in [7, 11) is 0. The van der Waals surface area contributed by atoms with Crippen molar-refractivity contribution in [2.75, 3.05) is 5.32 Å². The summed E-state index contributed by atoms with van der Waals surface area (Å²) >= 11 is 0. The molecular weight excluding hydrogens is 340 g/mol. The van der Waals surface area contributed by atoms with Gasteiger partial charge >= 0.3 is 0 Å². The summed E-state index contributed by atoms with van der Waals surface area (Å²) in [6.45, 7) is 1.99. The van der Waals surface area contributed by atoms with E-state index < -0.39 is 0 Å². The standard InChI is InChI=1S/C22H16N2O3/c1-14-4-2-5-15(10-14)21-12-19(25)18-11-17(7-8-20(18)27-21)24-22(26)16-6-3-9-23-13-16/h2-13H,1H3,(H,24,26). The average Bonchev–Trinajstić information content (AvgIpc) is 2.69. The van der Waals surface area contributed by atoms with Crippen molar-refractivity contribution in [3.05, 3.63) is 94.4 Å². The number of carbonyl (C=O) groups excluding carboxylic acids is 1. The smallest absolute Gasteiger partial charge is 0.257 e. The van der Waals surface area contributed by atoms with Crippen LogP contribution in [0.1, 0.15) is 15.9 Å². The second-order valence-electron chi connectivity index (χ2n) is 6.25. The number of aryl methyl sites for hydroxylation is 1. The van der Waals surface area contributed by atoms with E-state index in [1.807, 2.05) is 31.2 Å². The first-order valence-electron chi connectivity index (χ1n) is 8.46.